The molecule has 0 saturated heterocycles. The molecule has 0 bridgehead atoms. The van der Waals surface area contributed by atoms with E-state index in [4.69, 9.17) is 4.98 Å². The molecule has 0 atom stereocenters. The summed E-state index contributed by atoms with van der Waals surface area (Å²) >= 11 is 1.65. The highest BCUT2D eigenvalue weighted by Crippen LogP contribution is 2.33. The van der Waals surface area contributed by atoms with Gasteiger partial charge in [0.2, 0.25) is 0 Å². The second kappa shape index (κ2) is 6.43. The molecule has 2 heterocycles. The quantitative estimate of drug-likeness (QED) is 0.863. The van der Waals surface area contributed by atoms with Gasteiger partial charge < -0.3 is 5.32 Å². The summed E-state index contributed by atoms with van der Waals surface area (Å²) in [6, 6.07) is 3.99. The fourth-order valence-corrected chi connectivity index (χ4v) is 2.65. The van der Waals surface area contributed by atoms with E-state index in [0.29, 0.717) is 0 Å². The van der Waals surface area contributed by atoms with Crippen LogP contribution in [0.3, 0.4) is 0 Å². The van der Waals surface area contributed by atoms with Crippen molar-refractivity contribution in [1.29, 1.82) is 0 Å². The molecule has 2 rings (SSSR count). The Balaban J connectivity index is 2.45. The molecule has 0 radical (unpaired) electrons. The molecular formula is C16H22N4S. The molecule has 112 valence electrons. The van der Waals surface area contributed by atoms with Gasteiger partial charge in [0, 0.05) is 34.8 Å². The van der Waals surface area contributed by atoms with Gasteiger partial charge in [0.1, 0.15) is 16.7 Å². The Kier molecular flexibility index (Phi) is 4.83. The van der Waals surface area contributed by atoms with Crippen LogP contribution in [0.2, 0.25) is 0 Å². The van der Waals surface area contributed by atoms with E-state index in [1.165, 1.54) is 0 Å². The lowest BCUT2D eigenvalue weighted by molar-refractivity contribution is 0.538. The zero-order valence-corrected chi connectivity index (χ0v) is 14.1. The van der Waals surface area contributed by atoms with Crippen LogP contribution in [0.4, 0.5) is 5.82 Å². The molecule has 5 heteroatoms. The Morgan fingerprint density at radius 1 is 1.14 bits per heavy atom. The molecular weight excluding hydrogens is 280 g/mol. The molecule has 0 amide bonds. The number of pyridine rings is 1. The van der Waals surface area contributed by atoms with E-state index in [2.05, 4.69) is 49.9 Å². The number of anilines is 1. The first kappa shape index (κ1) is 15.8. The molecule has 1 N–H and O–H groups in total. The van der Waals surface area contributed by atoms with Crippen LogP contribution < -0.4 is 5.32 Å². The largest absolute Gasteiger partial charge is 0.370 e. The van der Waals surface area contributed by atoms with Gasteiger partial charge >= 0.3 is 0 Å². The molecule has 0 saturated carbocycles. The highest BCUT2D eigenvalue weighted by molar-refractivity contribution is 7.99. The van der Waals surface area contributed by atoms with Crippen molar-refractivity contribution >= 4 is 17.6 Å². The molecule has 2 aromatic heterocycles. The molecule has 0 fully saturated rings. The van der Waals surface area contributed by atoms with Crippen LogP contribution in [-0.2, 0) is 5.41 Å². The van der Waals surface area contributed by atoms with Crippen LogP contribution in [0.1, 0.15) is 39.1 Å². The van der Waals surface area contributed by atoms with Crippen molar-refractivity contribution < 1.29 is 0 Å². The standard InChI is InChI=1S/C16H22N4S/c1-6-18-13-11(2)14(20-15(19-13)16(3,4)5)21-12-7-9-17-10-8-12/h7-10H,6H2,1-5H3,(H,18,19,20). The Labute approximate surface area is 130 Å². The lowest BCUT2D eigenvalue weighted by atomic mass is 9.95. The lowest BCUT2D eigenvalue weighted by Crippen LogP contribution is -2.18. The van der Waals surface area contributed by atoms with E-state index in [0.717, 1.165) is 33.7 Å². The zero-order valence-electron chi connectivity index (χ0n) is 13.3. The highest BCUT2D eigenvalue weighted by atomic mass is 32.2. The SMILES string of the molecule is CCNc1nc(C(C)(C)C)nc(Sc2ccncc2)c1C. The number of nitrogens with zero attached hydrogens (tertiary/aromatic N) is 3. The summed E-state index contributed by atoms with van der Waals surface area (Å²) in [6.07, 6.45) is 3.60. The topological polar surface area (TPSA) is 50.7 Å². The van der Waals surface area contributed by atoms with Gasteiger partial charge in [-0.2, -0.15) is 0 Å². The summed E-state index contributed by atoms with van der Waals surface area (Å²) in [6.45, 7) is 11.4. The lowest BCUT2D eigenvalue weighted by Gasteiger charge is -2.20. The number of hydrogen-bond acceptors (Lipinski definition) is 5. The zero-order chi connectivity index (χ0) is 15.5. The van der Waals surface area contributed by atoms with E-state index in [9.17, 15) is 0 Å². The average Bonchev–Trinajstić information content (AvgIpc) is 2.43. The van der Waals surface area contributed by atoms with Crippen molar-refractivity contribution in [2.75, 3.05) is 11.9 Å². The third kappa shape index (κ3) is 3.94. The van der Waals surface area contributed by atoms with E-state index in [1.807, 2.05) is 12.1 Å². The second-order valence-electron chi connectivity index (χ2n) is 5.89. The first-order valence-corrected chi connectivity index (χ1v) is 7.94. The van der Waals surface area contributed by atoms with E-state index < -0.39 is 0 Å². The molecule has 0 spiro atoms. The number of hydrogen-bond donors (Lipinski definition) is 1. The van der Waals surface area contributed by atoms with Gasteiger partial charge in [-0.1, -0.05) is 32.5 Å². The Bertz CT molecular complexity index is 606. The van der Waals surface area contributed by atoms with Crippen molar-refractivity contribution in [1.82, 2.24) is 15.0 Å². The Morgan fingerprint density at radius 2 is 1.81 bits per heavy atom. The molecule has 0 aromatic carbocycles. The fourth-order valence-electron chi connectivity index (χ4n) is 1.79. The Morgan fingerprint density at radius 3 is 2.38 bits per heavy atom. The van der Waals surface area contributed by atoms with Gasteiger partial charge in [-0.3, -0.25) is 4.98 Å². The maximum Gasteiger partial charge on any atom is 0.137 e. The summed E-state index contributed by atoms with van der Waals surface area (Å²) in [7, 11) is 0. The normalized spacial score (nSPS) is 11.5. The Hall–Kier alpha value is -1.62. The molecule has 4 nitrogen and oxygen atoms in total. The fraction of sp³-hybridized carbons (Fsp3) is 0.438. The summed E-state index contributed by atoms with van der Waals surface area (Å²) in [5.41, 5.74) is 1.01. The average molecular weight is 302 g/mol. The molecule has 0 aliphatic heterocycles. The molecule has 0 unspecified atom stereocenters. The summed E-state index contributed by atoms with van der Waals surface area (Å²) in [5.74, 6) is 1.79. The highest BCUT2D eigenvalue weighted by Gasteiger charge is 2.21. The third-order valence-corrected chi connectivity index (χ3v) is 4.08. The minimum Gasteiger partial charge on any atom is -0.370 e. The van der Waals surface area contributed by atoms with Crippen molar-refractivity contribution in [3.05, 3.63) is 35.9 Å². The summed E-state index contributed by atoms with van der Waals surface area (Å²) in [5, 5.41) is 4.33. The van der Waals surface area contributed by atoms with Crippen molar-refractivity contribution in [2.24, 2.45) is 0 Å². The van der Waals surface area contributed by atoms with Crippen LogP contribution in [0.15, 0.2) is 34.4 Å². The van der Waals surface area contributed by atoms with Gasteiger partial charge in [-0.05, 0) is 26.0 Å². The smallest absolute Gasteiger partial charge is 0.137 e. The van der Waals surface area contributed by atoms with Crippen LogP contribution in [0.25, 0.3) is 0 Å². The minimum absolute atomic E-state index is 0.0780. The van der Waals surface area contributed by atoms with Gasteiger partial charge in [-0.15, -0.1) is 0 Å². The van der Waals surface area contributed by atoms with Gasteiger partial charge in [0.25, 0.3) is 0 Å². The monoisotopic (exact) mass is 302 g/mol. The molecule has 21 heavy (non-hydrogen) atoms. The maximum atomic E-state index is 4.77. The van der Waals surface area contributed by atoms with Crippen LogP contribution in [-0.4, -0.2) is 21.5 Å². The van der Waals surface area contributed by atoms with E-state index >= 15 is 0 Å². The van der Waals surface area contributed by atoms with Crippen molar-refractivity contribution in [3.8, 4) is 0 Å². The van der Waals surface area contributed by atoms with E-state index in [-0.39, 0.29) is 5.41 Å². The van der Waals surface area contributed by atoms with Crippen LogP contribution >= 0.6 is 11.8 Å². The molecule has 0 aliphatic rings. The number of aromatic nitrogens is 3. The molecule has 2 aromatic rings. The minimum atomic E-state index is -0.0780. The third-order valence-electron chi connectivity index (χ3n) is 2.98. The van der Waals surface area contributed by atoms with Gasteiger partial charge in [0.05, 0.1) is 0 Å². The second-order valence-corrected chi connectivity index (χ2v) is 6.95. The summed E-state index contributed by atoms with van der Waals surface area (Å²) in [4.78, 5) is 14.6. The predicted molar refractivity (Wildman–Crippen MR) is 88.0 cm³/mol. The van der Waals surface area contributed by atoms with Gasteiger partial charge in [0.15, 0.2) is 0 Å². The first-order chi connectivity index (χ1) is 9.91. The van der Waals surface area contributed by atoms with Crippen LogP contribution in [0.5, 0.6) is 0 Å². The van der Waals surface area contributed by atoms with Crippen molar-refractivity contribution in [2.45, 2.75) is 50.0 Å². The van der Waals surface area contributed by atoms with E-state index in [1.54, 1.807) is 24.2 Å². The van der Waals surface area contributed by atoms with Gasteiger partial charge in [-0.25, -0.2) is 9.97 Å². The number of nitrogens with one attached hydrogen (secondary N) is 1. The maximum absolute atomic E-state index is 4.77. The molecule has 0 aliphatic carbocycles. The number of rotatable bonds is 4. The predicted octanol–water partition coefficient (Wildman–Crippen LogP) is 4.06. The first-order valence-electron chi connectivity index (χ1n) is 7.12. The summed E-state index contributed by atoms with van der Waals surface area (Å²) < 4.78 is 0. The van der Waals surface area contributed by atoms with Crippen LogP contribution in [0, 0.1) is 6.92 Å². The van der Waals surface area contributed by atoms with Crippen molar-refractivity contribution in [3.63, 3.8) is 0 Å².